The zero-order valence-electron chi connectivity index (χ0n) is 10.8. The van der Waals surface area contributed by atoms with Gasteiger partial charge in [0.2, 0.25) is 5.95 Å². The van der Waals surface area contributed by atoms with E-state index in [4.69, 9.17) is 0 Å². The Kier molecular flexibility index (Phi) is 4.13. The molecule has 1 heterocycles. The second kappa shape index (κ2) is 5.66. The maximum Gasteiger partial charge on any atom is 0.258 e. The smallest absolute Gasteiger partial charge is 0.258 e. The minimum Gasteiger partial charge on any atom is -0.322 e. The summed E-state index contributed by atoms with van der Waals surface area (Å²) in [5.41, 5.74) is 2.00. The Labute approximate surface area is 123 Å². The summed E-state index contributed by atoms with van der Waals surface area (Å²) in [7, 11) is 0. The van der Waals surface area contributed by atoms with Crippen LogP contribution in [0, 0.1) is 25.6 Å². The van der Waals surface area contributed by atoms with Crippen molar-refractivity contribution in [3.05, 3.63) is 57.3 Å². The maximum absolute atomic E-state index is 13.5. The quantitative estimate of drug-likeness (QED) is 0.840. The van der Waals surface area contributed by atoms with Gasteiger partial charge >= 0.3 is 0 Å². The minimum atomic E-state index is -1.29. The average molecular weight is 341 g/mol. The number of amides is 1. The van der Waals surface area contributed by atoms with Crippen molar-refractivity contribution >= 4 is 27.5 Å². The molecule has 0 spiro atoms. The zero-order valence-corrected chi connectivity index (χ0v) is 12.4. The largest absolute Gasteiger partial charge is 0.322 e. The first-order chi connectivity index (χ1) is 9.40. The highest BCUT2D eigenvalue weighted by Crippen LogP contribution is 2.25. The van der Waals surface area contributed by atoms with E-state index < -0.39 is 17.7 Å². The number of carbonyl (C=O) groups is 1. The number of nitrogens with zero attached hydrogens (tertiary/aromatic N) is 1. The summed E-state index contributed by atoms with van der Waals surface area (Å²) in [5.74, 6) is -3.26. The van der Waals surface area contributed by atoms with Crippen LogP contribution in [0.15, 0.2) is 28.9 Å². The number of carbonyl (C=O) groups excluding carboxylic acids is 1. The van der Waals surface area contributed by atoms with Crippen LogP contribution in [0.3, 0.4) is 0 Å². The van der Waals surface area contributed by atoms with Gasteiger partial charge in [0.15, 0.2) is 5.82 Å². The number of aromatic nitrogens is 1. The van der Waals surface area contributed by atoms with E-state index in [0.29, 0.717) is 5.69 Å². The molecule has 0 aliphatic carbocycles. The molecule has 2 aromatic rings. The summed E-state index contributed by atoms with van der Waals surface area (Å²) in [4.78, 5) is 15.1. The van der Waals surface area contributed by atoms with Crippen molar-refractivity contribution < 1.29 is 13.6 Å². The van der Waals surface area contributed by atoms with Crippen LogP contribution in [-0.2, 0) is 0 Å². The number of hydrogen-bond donors (Lipinski definition) is 1. The van der Waals surface area contributed by atoms with Gasteiger partial charge < -0.3 is 5.32 Å². The van der Waals surface area contributed by atoms with Gasteiger partial charge in [-0.15, -0.1) is 0 Å². The van der Waals surface area contributed by atoms with Crippen molar-refractivity contribution in [1.29, 1.82) is 0 Å². The van der Waals surface area contributed by atoms with Crippen molar-refractivity contribution in [3.63, 3.8) is 0 Å². The van der Waals surface area contributed by atoms with E-state index in [1.165, 1.54) is 0 Å². The van der Waals surface area contributed by atoms with Crippen LogP contribution in [0.1, 0.15) is 21.5 Å². The van der Waals surface area contributed by atoms with Gasteiger partial charge in [0, 0.05) is 16.4 Å². The van der Waals surface area contributed by atoms with E-state index in [2.05, 4.69) is 26.2 Å². The molecule has 0 unspecified atom stereocenters. The highest BCUT2D eigenvalue weighted by molar-refractivity contribution is 9.10. The maximum atomic E-state index is 13.5. The number of pyridine rings is 1. The van der Waals surface area contributed by atoms with Crippen molar-refractivity contribution in [1.82, 2.24) is 4.98 Å². The molecule has 0 atom stereocenters. The van der Waals surface area contributed by atoms with Crippen LogP contribution in [-0.4, -0.2) is 10.9 Å². The molecule has 0 fully saturated rings. The number of anilines is 1. The highest BCUT2D eigenvalue weighted by atomic mass is 79.9. The van der Waals surface area contributed by atoms with Gasteiger partial charge in [-0.2, -0.15) is 4.39 Å². The molecular weight excluding hydrogens is 330 g/mol. The second-order valence-corrected chi connectivity index (χ2v) is 5.13. The number of rotatable bonds is 2. The number of nitrogens with one attached hydrogen (secondary N) is 1. The number of benzene rings is 1. The minimum absolute atomic E-state index is 0.379. The van der Waals surface area contributed by atoms with Crippen LogP contribution in [0.4, 0.5) is 14.5 Å². The molecule has 1 N–H and O–H groups in total. The molecule has 0 aliphatic rings. The molecule has 3 nitrogen and oxygen atoms in total. The lowest BCUT2D eigenvalue weighted by molar-refractivity contribution is 0.102. The zero-order chi connectivity index (χ0) is 14.9. The molecule has 2 rings (SSSR count). The Hall–Kier alpha value is -1.82. The topological polar surface area (TPSA) is 42.0 Å². The fraction of sp³-hybridized carbons (Fsp3) is 0.143. The molecule has 0 saturated heterocycles. The van der Waals surface area contributed by atoms with Crippen LogP contribution in [0.2, 0.25) is 0 Å². The monoisotopic (exact) mass is 340 g/mol. The Bertz CT molecular complexity index is 666. The summed E-state index contributed by atoms with van der Waals surface area (Å²) < 4.78 is 27.4. The lowest BCUT2D eigenvalue weighted by Gasteiger charge is -2.10. The van der Waals surface area contributed by atoms with Gasteiger partial charge in [0.05, 0.1) is 5.56 Å². The highest BCUT2D eigenvalue weighted by Gasteiger charge is 2.16. The van der Waals surface area contributed by atoms with E-state index in [-0.39, 0.29) is 5.56 Å². The van der Waals surface area contributed by atoms with Gasteiger partial charge in [0.25, 0.3) is 5.91 Å². The van der Waals surface area contributed by atoms with E-state index in [1.807, 2.05) is 13.8 Å². The lowest BCUT2D eigenvalue weighted by atomic mass is 10.1. The van der Waals surface area contributed by atoms with Crippen LogP contribution < -0.4 is 5.32 Å². The van der Waals surface area contributed by atoms with Crippen molar-refractivity contribution in [2.75, 3.05) is 5.32 Å². The Morgan fingerprint density at radius 1 is 1.25 bits per heavy atom. The first kappa shape index (κ1) is 14.6. The SMILES string of the molecule is Cc1cc(NC(=O)c2ccnc(F)c2F)cc(C)c1Br. The Morgan fingerprint density at radius 3 is 2.45 bits per heavy atom. The average Bonchev–Trinajstić information content (AvgIpc) is 2.39. The fourth-order valence-corrected chi connectivity index (χ4v) is 2.04. The molecule has 104 valence electrons. The lowest BCUT2D eigenvalue weighted by Crippen LogP contribution is -2.15. The molecule has 1 aromatic carbocycles. The van der Waals surface area contributed by atoms with E-state index in [9.17, 15) is 13.6 Å². The Morgan fingerprint density at radius 2 is 1.85 bits per heavy atom. The fourth-order valence-electron chi connectivity index (χ4n) is 1.81. The third-order valence-corrected chi connectivity index (χ3v) is 4.04. The van der Waals surface area contributed by atoms with Gasteiger partial charge in [-0.05, 0) is 43.2 Å². The summed E-state index contributed by atoms with van der Waals surface area (Å²) in [6.45, 7) is 3.75. The summed E-state index contributed by atoms with van der Waals surface area (Å²) in [6.07, 6.45) is 1.05. The number of hydrogen-bond acceptors (Lipinski definition) is 2. The molecule has 1 amide bonds. The Balaban J connectivity index is 2.30. The number of halogens is 3. The molecular formula is C14H11BrF2N2O. The van der Waals surface area contributed by atoms with E-state index in [1.54, 1.807) is 12.1 Å². The van der Waals surface area contributed by atoms with E-state index in [0.717, 1.165) is 27.9 Å². The van der Waals surface area contributed by atoms with Gasteiger partial charge in [-0.1, -0.05) is 15.9 Å². The summed E-state index contributed by atoms with van der Waals surface area (Å²) >= 11 is 3.41. The molecule has 6 heteroatoms. The standard InChI is InChI=1S/C14H11BrF2N2O/c1-7-5-9(6-8(2)11(7)15)19-14(20)10-3-4-18-13(17)12(10)16/h3-6H,1-2H3,(H,19,20). The summed E-state index contributed by atoms with van der Waals surface area (Å²) in [5, 5.41) is 2.54. The molecule has 20 heavy (non-hydrogen) atoms. The van der Waals surface area contributed by atoms with E-state index >= 15 is 0 Å². The first-order valence-corrected chi connectivity index (χ1v) is 6.57. The summed E-state index contributed by atoms with van der Waals surface area (Å²) in [6, 6.07) is 4.61. The third kappa shape index (κ3) is 2.85. The third-order valence-electron chi connectivity index (χ3n) is 2.79. The predicted octanol–water partition coefficient (Wildman–Crippen LogP) is 3.99. The molecule has 0 bridgehead atoms. The van der Waals surface area contributed by atoms with Crippen LogP contribution >= 0.6 is 15.9 Å². The normalized spacial score (nSPS) is 10.4. The molecule has 0 aliphatic heterocycles. The van der Waals surface area contributed by atoms with Crippen molar-refractivity contribution in [2.24, 2.45) is 0 Å². The first-order valence-electron chi connectivity index (χ1n) is 5.78. The van der Waals surface area contributed by atoms with Crippen molar-refractivity contribution in [2.45, 2.75) is 13.8 Å². The molecule has 0 saturated carbocycles. The van der Waals surface area contributed by atoms with Crippen LogP contribution in [0.25, 0.3) is 0 Å². The number of aryl methyl sites for hydroxylation is 2. The van der Waals surface area contributed by atoms with Crippen LogP contribution in [0.5, 0.6) is 0 Å². The predicted molar refractivity (Wildman–Crippen MR) is 75.7 cm³/mol. The molecule has 1 aromatic heterocycles. The molecule has 0 radical (unpaired) electrons. The van der Waals surface area contributed by atoms with Gasteiger partial charge in [0.1, 0.15) is 0 Å². The van der Waals surface area contributed by atoms with Crippen molar-refractivity contribution in [3.8, 4) is 0 Å². The second-order valence-electron chi connectivity index (χ2n) is 4.34. The van der Waals surface area contributed by atoms with Gasteiger partial charge in [-0.25, -0.2) is 9.37 Å². The van der Waals surface area contributed by atoms with Gasteiger partial charge in [-0.3, -0.25) is 4.79 Å².